The number of fused-ring (bicyclic) bond motifs is 1. The van der Waals surface area contributed by atoms with Crippen molar-refractivity contribution in [2.24, 2.45) is 0 Å². The van der Waals surface area contributed by atoms with Gasteiger partial charge < -0.3 is 20.4 Å². The average molecular weight is 288 g/mol. The number of anilines is 2. The summed E-state index contributed by atoms with van der Waals surface area (Å²) < 4.78 is 0. The minimum Gasteiger partial charge on any atom is -0.367 e. The fraction of sp³-hybridized carbons (Fsp3) is 0.643. The number of hydrogen-bond donors (Lipinski definition) is 2. The van der Waals surface area contributed by atoms with Gasteiger partial charge >= 0.3 is 0 Å². The Morgan fingerprint density at radius 2 is 2.10 bits per heavy atom. The molecule has 2 N–H and O–H groups in total. The summed E-state index contributed by atoms with van der Waals surface area (Å²) >= 11 is 0. The maximum absolute atomic E-state index is 12.5. The van der Waals surface area contributed by atoms with Crippen LogP contribution < -0.4 is 15.5 Å². The Morgan fingerprint density at radius 3 is 2.76 bits per heavy atom. The number of nitrogens with one attached hydrogen (secondary N) is 2. The number of aromatic nitrogens is 2. The first-order valence-electron chi connectivity index (χ1n) is 7.54. The van der Waals surface area contributed by atoms with Gasteiger partial charge in [-0.3, -0.25) is 4.79 Å². The van der Waals surface area contributed by atoms with Gasteiger partial charge in [-0.15, -0.1) is 0 Å². The predicted molar refractivity (Wildman–Crippen MR) is 79.2 cm³/mol. The van der Waals surface area contributed by atoms with Crippen LogP contribution in [0.25, 0.3) is 0 Å². The minimum absolute atomic E-state index is 0.166. The molecular formula is C14H20N6O. The number of carbonyl (C=O) groups excluding carboxylic acids is 1. The van der Waals surface area contributed by atoms with Crippen LogP contribution in [0.3, 0.4) is 0 Å². The monoisotopic (exact) mass is 288 g/mol. The lowest BCUT2D eigenvalue weighted by Crippen LogP contribution is -2.59. The number of nitrogens with zero attached hydrogens (tertiary/aromatic N) is 4. The van der Waals surface area contributed by atoms with Crippen LogP contribution in [0.4, 0.5) is 11.6 Å². The molecule has 0 aromatic carbocycles. The van der Waals surface area contributed by atoms with Gasteiger partial charge in [0.2, 0.25) is 5.91 Å². The van der Waals surface area contributed by atoms with Crippen molar-refractivity contribution >= 4 is 17.5 Å². The first kappa shape index (κ1) is 12.8. The quantitative estimate of drug-likeness (QED) is 0.802. The van der Waals surface area contributed by atoms with E-state index in [-0.39, 0.29) is 5.91 Å². The van der Waals surface area contributed by atoms with Crippen LogP contribution in [0.5, 0.6) is 0 Å². The molecule has 1 aromatic heterocycles. The van der Waals surface area contributed by atoms with E-state index in [1.165, 1.54) is 12.8 Å². The van der Waals surface area contributed by atoms with Crippen LogP contribution in [0.2, 0.25) is 0 Å². The summed E-state index contributed by atoms with van der Waals surface area (Å²) in [5, 5.41) is 6.71. The van der Waals surface area contributed by atoms with Gasteiger partial charge in [0.25, 0.3) is 0 Å². The molecular weight excluding hydrogens is 268 g/mol. The van der Waals surface area contributed by atoms with Crippen LogP contribution in [0, 0.1) is 0 Å². The molecule has 1 saturated carbocycles. The van der Waals surface area contributed by atoms with E-state index in [9.17, 15) is 4.79 Å². The fourth-order valence-electron chi connectivity index (χ4n) is 2.88. The minimum atomic E-state index is 0.166. The van der Waals surface area contributed by atoms with E-state index < -0.39 is 0 Å². The van der Waals surface area contributed by atoms with Crippen molar-refractivity contribution in [3.8, 4) is 0 Å². The molecule has 0 atom stereocenters. The van der Waals surface area contributed by atoms with E-state index in [0.717, 1.165) is 30.3 Å². The van der Waals surface area contributed by atoms with E-state index in [4.69, 9.17) is 0 Å². The average Bonchev–Trinajstić information content (AvgIpc) is 3.21. The summed E-state index contributed by atoms with van der Waals surface area (Å²) in [6.45, 7) is 2.73. The largest absolute Gasteiger partial charge is 0.367 e. The summed E-state index contributed by atoms with van der Waals surface area (Å²) in [6, 6.07) is 0.831. The lowest BCUT2D eigenvalue weighted by Gasteiger charge is -2.37. The Morgan fingerprint density at radius 1 is 1.29 bits per heavy atom. The van der Waals surface area contributed by atoms with Crippen LogP contribution in [-0.2, 0) is 11.3 Å². The van der Waals surface area contributed by atoms with Crippen molar-refractivity contribution in [2.75, 3.05) is 36.9 Å². The Balaban J connectivity index is 1.69. The van der Waals surface area contributed by atoms with Crippen LogP contribution in [0.15, 0.2) is 6.33 Å². The third-order valence-electron chi connectivity index (χ3n) is 4.42. The number of amides is 1. The molecule has 1 amide bonds. The summed E-state index contributed by atoms with van der Waals surface area (Å²) in [6.07, 6.45) is 3.98. The predicted octanol–water partition coefficient (Wildman–Crippen LogP) is -0.199. The summed E-state index contributed by atoms with van der Waals surface area (Å²) in [4.78, 5) is 25.2. The van der Waals surface area contributed by atoms with Gasteiger partial charge in [0.05, 0.1) is 24.7 Å². The molecule has 112 valence electrons. The maximum Gasteiger partial charge on any atom is 0.242 e. The molecule has 0 spiro atoms. The molecule has 0 radical (unpaired) electrons. The van der Waals surface area contributed by atoms with Gasteiger partial charge in [0.15, 0.2) is 0 Å². The lowest BCUT2D eigenvalue weighted by atomic mass is 10.1. The molecule has 2 aliphatic heterocycles. The molecule has 1 saturated heterocycles. The van der Waals surface area contributed by atoms with E-state index in [1.807, 2.05) is 16.8 Å². The first-order chi connectivity index (χ1) is 10.2. The van der Waals surface area contributed by atoms with Gasteiger partial charge in [0, 0.05) is 26.2 Å². The number of likely N-dealkylation sites (N-methyl/N-ethyl adjacent to an activating group) is 1. The molecule has 1 aliphatic carbocycles. The highest BCUT2D eigenvalue weighted by atomic mass is 16.2. The van der Waals surface area contributed by atoms with Gasteiger partial charge in [-0.05, 0) is 12.8 Å². The third-order valence-corrected chi connectivity index (χ3v) is 4.42. The molecule has 3 aliphatic rings. The van der Waals surface area contributed by atoms with Crippen LogP contribution >= 0.6 is 0 Å². The van der Waals surface area contributed by atoms with Crippen molar-refractivity contribution in [1.29, 1.82) is 0 Å². The van der Waals surface area contributed by atoms with Gasteiger partial charge in [-0.2, -0.15) is 0 Å². The normalized spacial score (nSPS) is 22.6. The second kappa shape index (κ2) is 4.84. The molecule has 1 aromatic rings. The van der Waals surface area contributed by atoms with E-state index in [0.29, 0.717) is 25.2 Å². The standard InChI is InChI=1S/C14H20N6O/c1-19-7-12(21)20(10-4-15-5-10)6-11-13(18-9-2-3-9)16-8-17-14(11)19/h8-10,15H,2-7H2,1H3,(H,16,17,18). The molecule has 0 bridgehead atoms. The Kier molecular flexibility index (Phi) is 2.95. The van der Waals surface area contributed by atoms with E-state index >= 15 is 0 Å². The van der Waals surface area contributed by atoms with Gasteiger partial charge in [-0.25, -0.2) is 9.97 Å². The van der Waals surface area contributed by atoms with Crippen LogP contribution in [0.1, 0.15) is 18.4 Å². The summed E-state index contributed by atoms with van der Waals surface area (Å²) in [5.74, 6) is 1.93. The second-order valence-corrected chi connectivity index (χ2v) is 6.13. The molecule has 4 rings (SSSR count). The number of hydrogen-bond acceptors (Lipinski definition) is 6. The topological polar surface area (TPSA) is 73.4 Å². The van der Waals surface area contributed by atoms with Gasteiger partial charge in [0.1, 0.15) is 18.0 Å². The SMILES string of the molecule is CN1CC(=O)N(C2CNC2)Cc2c(NC3CC3)ncnc21. The fourth-order valence-corrected chi connectivity index (χ4v) is 2.88. The Bertz CT molecular complexity index is 569. The maximum atomic E-state index is 12.5. The Labute approximate surface area is 123 Å². The number of rotatable bonds is 3. The van der Waals surface area contributed by atoms with Crippen molar-refractivity contribution in [3.05, 3.63) is 11.9 Å². The first-order valence-corrected chi connectivity index (χ1v) is 7.54. The van der Waals surface area contributed by atoms with Crippen molar-refractivity contribution in [1.82, 2.24) is 20.2 Å². The van der Waals surface area contributed by atoms with E-state index in [2.05, 4.69) is 20.6 Å². The lowest BCUT2D eigenvalue weighted by molar-refractivity contribution is -0.133. The summed E-state index contributed by atoms with van der Waals surface area (Å²) in [7, 11) is 1.92. The molecule has 2 fully saturated rings. The smallest absolute Gasteiger partial charge is 0.242 e. The van der Waals surface area contributed by atoms with Crippen molar-refractivity contribution < 1.29 is 4.79 Å². The third kappa shape index (κ3) is 2.31. The molecule has 7 heteroatoms. The van der Waals surface area contributed by atoms with Crippen LogP contribution in [-0.4, -0.2) is 59.5 Å². The molecule has 3 heterocycles. The zero-order chi connectivity index (χ0) is 14.4. The molecule has 21 heavy (non-hydrogen) atoms. The van der Waals surface area contributed by atoms with Crippen molar-refractivity contribution in [2.45, 2.75) is 31.5 Å². The molecule has 7 nitrogen and oxygen atoms in total. The van der Waals surface area contributed by atoms with Gasteiger partial charge in [-0.1, -0.05) is 0 Å². The number of carbonyl (C=O) groups is 1. The van der Waals surface area contributed by atoms with E-state index in [1.54, 1.807) is 6.33 Å². The highest BCUT2D eigenvalue weighted by molar-refractivity contribution is 5.84. The highest BCUT2D eigenvalue weighted by Crippen LogP contribution is 2.32. The molecule has 0 unspecified atom stereocenters. The summed E-state index contributed by atoms with van der Waals surface area (Å²) in [5.41, 5.74) is 1.05. The zero-order valence-corrected chi connectivity index (χ0v) is 12.2. The van der Waals surface area contributed by atoms with Crippen molar-refractivity contribution in [3.63, 3.8) is 0 Å². The zero-order valence-electron chi connectivity index (χ0n) is 12.2. The second-order valence-electron chi connectivity index (χ2n) is 6.13. The Hall–Kier alpha value is -1.89. The highest BCUT2D eigenvalue weighted by Gasteiger charge is 2.34.